The number of hydrogen-bond acceptors (Lipinski definition) is 4. The summed E-state index contributed by atoms with van der Waals surface area (Å²) in [5, 5.41) is 9.94. The van der Waals surface area contributed by atoms with Crippen LogP contribution in [-0.4, -0.2) is 35.8 Å². The lowest BCUT2D eigenvalue weighted by molar-refractivity contribution is -0.267. The van der Waals surface area contributed by atoms with Crippen molar-refractivity contribution in [2.75, 3.05) is 13.2 Å². The SMILES string of the molecule is CC(C)OC1=CC(C)(O)C12OCCO2. The van der Waals surface area contributed by atoms with Gasteiger partial charge >= 0.3 is 0 Å². The normalized spacial score (nSPS) is 34.5. The number of rotatable bonds is 2. The van der Waals surface area contributed by atoms with Crippen molar-refractivity contribution in [3.63, 3.8) is 0 Å². The predicted octanol–water partition coefficient (Wildman–Crippen LogP) is 0.803. The van der Waals surface area contributed by atoms with E-state index in [-0.39, 0.29) is 6.10 Å². The van der Waals surface area contributed by atoms with Crippen LogP contribution in [0.5, 0.6) is 0 Å². The van der Waals surface area contributed by atoms with E-state index in [4.69, 9.17) is 14.2 Å². The van der Waals surface area contributed by atoms with E-state index in [1.54, 1.807) is 13.0 Å². The molecule has 14 heavy (non-hydrogen) atoms. The van der Waals surface area contributed by atoms with Crippen LogP contribution in [0.3, 0.4) is 0 Å². The number of ether oxygens (including phenoxy) is 3. The van der Waals surface area contributed by atoms with Crippen LogP contribution in [-0.2, 0) is 14.2 Å². The topological polar surface area (TPSA) is 47.9 Å². The Morgan fingerprint density at radius 1 is 1.43 bits per heavy atom. The summed E-state index contributed by atoms with van der Waals surface area (Å²) < 4.78 is 16.4. The van der Waals surface area contributed by atoms with Crippen LogP contribution < -0.4 is 0 Å². The van der Waals surface area contributed by atoms with Crippen LogP contribution in [0.2, 0.25) is 0 Å². The third-order valence-corrected chi connectivity index (χ3v) is 2.46. The molecule has 0 aromatic heterocycles. The minimum atomic E-state index is -1.08. The second kappa shape index (κ2) is 2.95. The van der Waals surface area contributed by atoms with Gasteiger partial charge in [0.05, 0.1) is 19.3 Å². The smallest absolute Gasteiger partial charge is 0.261 e. The van der Waals surface area contributed by atoms with Crippen LogP contribution in [0.4, 0.5) is 0 Å². The van der Waals surface area contributed by atoms with E-state index in [2.05, 4.69) is 0 Å². The van der Waals surface area contributed by atoms with Gasteiger partial charge in [-0.15, -0.1) is 0 Å². The molecule has 80 valence electrons. The fourth-order valence-electron chi connectivity index (χ4n) is 1.83. The van der Waals surface area contributed by atoms with Gasteiger partial charge in [-0.1, -0.05) is 0 Å². The zero-order valence-electron chi connectivity index (χ0n) is 8.74. The Bertz CT molecular complexity index is 261. The average Bonchev–Trinajstić information content (AvgIpc) is 2.52. The third kappa shape index (κ3) is 1.18. The molecule has 4 nitrogen and oxygen atoms in total. The van der Waals surface area contributed by atoms with Crippen LogP contribution in [0.1, 0.15) is 20.8 Å². The van der Waals surface area contributed by atoms with Crippen LogP contribution in [0.15, 0.2) is 11.8 Å². The highest BCUT2D eigenvalue weighted by Gasteiger charge is 2.63. The number of hydrogen-bond donors (Lipinski definition) is 1. The van der Waals surface area contributed by atoms with Crippen molar-refractivity contribution in [3.05, 3.63) is 11.8 Å². The van der Waals surface area contributed by atoms with Crippen molar-refractivity contribution < 1.29 is 19.3 Å². The summed E-state index contributed by atoms with van der Waals surface area (Å²) in [4.78, 5) is 0. The van der Waals surface area contributed by atoms with Crippen molar-refractivity contribution in [2.24, 2.45) is 0 Å². The van der Waals surface area contributed by atoms with Crippen molar-refractivity contribution in [2.45, 2.75) is 38.3 Å². The van der Waals surface area contributed by atoms with Gasteiger partial charge in [-0.3, -0.25) is 0 Å². The molecule has 1 fully saturated rings. The van der Waals surface area contributed by atoms with E-state index in [9.17, 15) is 5.11 Å². The first-order chi connectivity index (χ1) is 6.48. The molecule has 1 atom stereocenters. The van der Waals surface area contributed by atoms with Gasteiger partial charge < -0.3 is 19.3 Å². The standard InChI is InChI=1S/C10H16O4/c1-7(2)14-8-6-9(3,11)10(8)12-4-5-13-10/h6-7,11H,4-5H2,1-3H3. The zero-order chi connectivity index (χ0) is 10.4. The molecular formula is C10H16O4. The molecular weight excluding hydrogens is 184 g/mol. The first-order valence-electron chi connectivity index (χ1n) is 4.88. The summed E-state index contributed by atoms with van der Waals surface area (Å²) in [6.45, 7) is 6.50. The average molecular weight is 200 g/mol. The molecule has 1 heterocycles. The Morgan fingerprint density at radius 2 is 2.00 bits per heavy atom. The van der Waals surface area contributed by atoms with E-state index < -0.39 is 11.4 Å². The Balaban J connectivity index is 2.19. The molecule has 0 aromatic rings. The molecule has 0 amide bonds. The van der Waals surface area contributed by atoms with Gasteiger partial charge in [-0.25, -0.2) is 0 Å². The van der Waals surface area contributed by atoms with E-state index in [0.29, 0.717) is 19.0 Å². The fourth-order valence-corrected chi connectivity index (χ4v) is 1.83. The van der Waals surface area contributed by atoms with E-state index >= 15 is 0 Å². The molecule has 1 aliphatic heterocycles. The second-order valence-corrected chi connectivity index (χ2v) is 4.14. The minimum absolute atomic E-state index is 0.0574. The molecule has 1 unspecified atom stereocenters. The van der Waals surface area contributed by atoms with E-state index in [1.807, 2.05) is 13.8 Å². The summed E-state index contributed by atoms with van der Waals surface area (Å²) in [6, 6.07) is 0. The first kappa shape index (κ1) is 9.96. The van der Waals surface area contributed by atoms with Gasteiger partial charge in [-0.05, 0) is 26.8 Å². The summed E-state index contributed by atoms with van der Waals surface area (Å²) in [5.41, 5.74) is -1.08. The summed E-state index contributed by atoms with van der Waals surface area (Å²) in [7, 11) is 0. The van der Waals surface area contributed by atoms with Gasteiger partial charge in [0, 0.05) is 0 Å². The highest BCUT2D eigenvalue weighted by atomic mass is 16.8. The summed E-state index contributed by atoms with van der Waals surface area (Å²) >= 11 is 0. The summed E-state index contributed by atoms with van der Waals surface area (Å²) in [5.74, 6) is -0.452. The Hall–Kier alpha value is -0.580. The molecule has 0 aromatic carbocycles. The lowest BCUT2D eigenvalue weighted by Crippen LogP contribution is -2.61. The first-order valence-corrected chi connectivity index (χ1v) is 4.88. The van der Waals surface area contributed by atoms with Gasteiger partial charge in [0.15, 0.2) is 5.76 Å². The molecule has 4 heteroatoms. The molecule has 0 bridgehead atoms. The maximum Gasteiger partial charge on any atom is 0.261 e. The lowest BCUT2D eigenvalue weighted by atomic mass is 9.81. The van der Waals surface area contributed by atoms with Gasteiger partial charge in [0.1, 0.15) is 5.60 Å². The molecule has 1 N–H and O–H groups in total. The number of aliphatic hydroxyl groups is 1. The maximum absolute atomic E-state index is 9.94. The molecule has 0 radical (unpaired) electrons. The van der Waals surface area contributed by atoms with Crippen LogP contribution in [0.25, 0.3) is 0 Å². The van der Waals surface area contributed by atoms with Crippen molar-refractivity contribution in [1.82, 2.24) is 0 Å². The largest absolute Gasteiger partial charge is 0.490 e. The lowest BCUT2D eigenvalue weighted by Gasteiger charge is -2.47. The van der Waals surface area contributed by atoms with Gasteiger partial charge in [0.25, 0.3) is 5.79 Å². The quantitative estimate of drug-likeness (QED) is 0.716. The molecule has 2 aliphatic rings. The molecule has 0 saturated carbocycles. The van der Waals surface area contributed by atoms with Crippen molar-refractivity contribution >= 4 is 0 Å². The Morgan fingerprint density at radius 3 is 2.43 bits per heavy atom. The Kier molecular flexibility index (Phi) is 2.10. The van der Waals surface area contributed by atoms with Crippen LogP contribution >= 0.6 is 0 Å². The van der Waals surface area contributed by atoms with Crippen molar-refractivity contribution in [1.29, 1.82) is 0 Å². The third-order valence-electron chi connectivity index (χ3n) is 2.46. The van der Waals surface area contributed by atoms with Crippen LogP contribution in [0, 0.1) is 0 Å². The van der Waals surface area contributed by atoms with Gasteiger partial charge in [0.2, 0.25) is 0 Å². The van der Waals surface area contributed by atoms with E-state index in [1.165, 1.54) is 0 Å². The highest BCUT2D eigenvalue weighted by molar-refractivity contribution is 5.33. The second-order valence-electron chi connectivity index (χ2n) is 4.14. The molecule has 2 rings (SSSR count). The molecule has 1 spiro atoms. The molecule has 1 saturated heterocycles. The minimum Gasteiger partial charge on any atom is -0.490 e. The van der Waals surface area contributed by atoms with Gasteiger partial charge in [-0.2, -0.15) is 0 Å². The fraction of sp³-hybridized carbons (Fsp3) is 0.800. The van der Waals surface area contributed by atoms with E-state index in [0.717, 1.165) is 0 Å². The molecule has 1 aliphatic carbocycles. The van der Waals surface area contributed by atoms with Crippen molar-refractivity contribution in [3.8, 4) is 0 Å². The summed E-state index contributed by atoms with van der Waals surface area (Å²) in [6.07, 6.45) is 1.69. The monoisotopic (exact) mass is 200 g/mol. The zero-order valence-corrected chi connectivity index (χ0v) is 8.74. The Labute approximate surface area is 83.5 Å². The predicted molar refractivity (Wildman–Crippen MR) is 49.6 cm³/mol. The maximum atomic E-state index is 9.94. The highest BCUT2D eigenvalue weighted by Crippen LogP contribution is 2.48.